The van der Waals surface area contributed by atoms with Crippen molar-refractivity contribution in [2.45, 2.75) is 26.7 Å². The normalized spacial score (nSPS) is 11.1. The van der Waals surface area contributed by atoms with E-state index in [-0.39, 0.29) is 11.7 Å². The maximum Gasteiger partial charge on any atom is 0.131 e. The van der Waals surface area contributed by atoms with Gasteiger partial charge in [-0.15, -0.1) is 0 Å². The molecule has 3 rings (SSSR count). The molecule has 0 atom stereocenters. The predicted octanol–water partition coefficient (Wildman–Crippen LogP) is 4.51. The van der Waals surface area contributed by atoms with Crippen LogP contribution in [0.3, 0.4) is 0 Å². The number of nitrogens with one attached hydrogen (secondary N) is 1. The molecule has 0 aliphatic heterocycles. The van der Waals surface area contributed by atoms with Crippen molar-refractivity contribution in [2.24, 2.45) is 0 Å². The lowest BCUT2D eigenvalue weighted by Gasteiger charge is -2.03. The van der Waals surface area contributed by atoms with Crippen molar-refractivity contribution in [3.8, 4) is 22.6 Å². The van der Waals surface area contributed by atoms with Gasteiger partial charge >= 0.3 is 0 Å². The van der Waals surface area contributed by atoms with Crippen LogP contribution in [-0.2, 0) is 0 Å². The molecule has 111 valence electrons. The van der Waals surface area contributed by atoms with E-state index < -0.39 is 0 Å². The highest BCUT2D eigenvalue weighted by atomic mass is 19.1. The molecule has 0 unspecified atom stereocenters. The van der Waals surface area contributed by atoms with Crippen LogP contribution < -0.4 is 0 Å². The minimum absolute atomic E-state index is 0.265. The quantitative estimate of drug-likeness (QED) is 0.772. The third-order valence-electron chi connectivity index (χ3n) is 3.46. The number of nitrogens with zero attached hydrogens (tertiary/aromatic N) is 2. The molecule has 1 radical (unpaired) electrons. The first-order valence-corrected chi connectivity index (χ1v) is 7.26. The molecule has 0 amide bonds. The Morgan fingerprint density at radius 2 is 1.95 bits per heavy atom. The van der Waals surface area contributed by atoms with E-state index in [0.29, 0.717) is 0 Å². The lowest BCUT2D eigenvalue weighted by atomic mass is 10.1. The summed E-state index contributed by atoms with van der Waals surface area (Å²) in [7, 11) is 0. The van der Waals surface area contributed by atoms with Crippen molar-refractivity contribution in [2.75, 3.05) is 0 Å². The molecule has 3 nitrogen and oxygen atoms in total. The lowest BCUT2D eigenvalue weighted by molar-refractivity contribution is 0.626. The van der Waals surface area contributed by atoms with Crippen molar-refractivity contribution < 1.29 is 4.39 Å². The molecule has 0 aliphatic carbocycles. The van der Waals surface area contributed by atoms with E-state index in [9.17, 15) is 4.39 Å². The van der Waals surface area contributed by atoms with Gasteiger partial charge in [0.05, 0.1) is 17.1 Å². The van der Waals surface area contributed by atoms with E-state index in [1.54, 1.807) is 12.1 Å². The van der Waals surface area contributed by atoms with Crippen LogP contribution in [-0.4, -0.2) is 15.0 Å². The Balaban J connectivity index is 2.18. The third kappa shape index (κ3) is 2.77. The van der Waals surface area contributed by atoms with E-state index in [4.69, 9.17) is 0 Å². The summed E-state index contributed by atoms with van der Waals surface area (Å²) >= 11 is 0. The first-order chi connectivity index (χ1) is 10.5. The number of H-pyrrole nitrogens is 1. The number of benzene rings is 1. The smallest absolute Gasteiger partial charge is 0.131 e. The zero-order chi connectivity index (χ0) is 15.7. The summed E-state index contributed by atoms with van der Waals surface area (Å²) in [6.07, 6.45) is 0. The second-order valence-electron chi connectivity index (χ2n) is 5.59. The van der Waals surface area contributed by atoms with Crippen molar-refractivity contribution in [3.63, 3.8) is 0 Å². The molecule has 4 heteroatoms. The van der Waals surface area contributed by atoms with Gasteiger partial charge in [0, 0.05) is 23.2 Å². The van der Waals surface area contributed by atoms with Crippen molar-refractivity contribution in [1.29, 1.82) is 0 Å². The zero-order valence-corrected chi connectivity index (χ0v) is 12.8. The molecule has 22 heavy (non-hydrogen) atoms. The Bertz CT molecular complexity index is 788. The highest BCUT2D eigenvalue weighted by Gasteiger charge is 2.16. The Morgan fingerprint density at radius 1 is 1.14 bits per heavy atom. The Morgan fingerprint density at radius 3 is 2.59 bits per heavy atom. The highest BCUT2D eigenvalue weighted by molar-refractivity contribution is 5.76. The van der Waals surface area contributed by atoms with Gasteiger partial charge < -0.3 is 4.98 Å². The van der Waals surface area contributed by atoms with Crippen LogP contribution in [0.1, 0.15) is 31.3 Å². The number of hydrogen-bond acceptors (Lipinski definition) is 2. The Hall–Kier alpha value is -2.49. The Kier molecular flexibility index (Phi) is 3.75. The molecular weight excluding hydrogens is 277 g/mol. The molecule has 0 aliphatic rings. The van der Waals surface area contributed by atoms with Gasteiger partial charge in [0.15, 0.2) is 0 Å². The molecular formula is C18H17FN3. The fourth-order valence-electron chi connectivity index (χ4n) is 2.29. The van der Waals surface area contributed by atoms with Crippen LogP contribution in [0.15, 0.2) is 36.4 Å². The predicted molar refractivity (Wildman–Crippen MR) is 84.9 cm³/mol. The van der Waals surface area contributed by atoms with Crippen LogP contribution in [0.25, 0.3) is 22.6 Å². The summed E-state index contributed by atoms with van der Waals surface area (Å²) in [5.74, 6) is 0.776. The minimum atomic E-state index is -0.376. The molecule has 0 saturated carbocycles. The number of rotatable bonds is 3. The number of aromatic amines is 1. The molecule has 3 aromatic rings. The van der Waals surface area contributed by atoms with Gasteiger partial charge in [-0.3, -0.25) is 4.98 Å². The fourth-order valence-corrected chi connectivity index (χ4v) is 2.29. The van der Waals surface area contributed by atoms with Crippen LogP contribution >= 0.6 is 0 Å². The van der Waals surface area contributed by atoms with Crippen molar-refractivity contribution in [1.82, 2.24) is 15.0 Å². The third-order valence-corrected chi connectivity index (χ3v) is 3.46. The standard InChI is InChI=1S/C18H17FN3/c1-11(2)18-21-16(13-7-9-14(19)10-8-13)17(22-18)15-6-4-5-12(3)20-15/h4-9,11H,1-3H3,(H,21,22). The molecule has 0 fully saturated rings. The van der Waals surface area contributed by atoms with Crippen LogP contribution in [0.5, 0.6) is 0 Å². The van der Waals surface area contributed by atoms with E-state index >= 15 is 0 Å². The SMILES string of the molecule is Cc1cccc(-c2[nH]c(C(C)C)nc2-c2c[c]c(F)cc2)n1. The largest absolute Gasteiger partial charge is 0.340 e. The van der Waals surface area contributed by atoms with Crippen LogP contribution in [0, 0.1) is 18.8 Å². The molecule has 0 bridgehead atoms. The van der Waals surface area contributed by atoms with Gasteiger partial charge in [-0.2, -0.15) is 0 Å². The summed E-state index contributed by atoms with van der Waals surface area (Å²) in [6, 6.07) is 13.2. The number of aryl methyl sites for hydroxylation is 1. The number of pyridine rings is 1. The molecule has 0 saturated heterocycles. The minimum Gasteiger partial charge on any atom is -0.340 e. The molecule has 1 N–H and O–H groups in total. The second kappa shape index (κ2) is 5.72. The maximum atomic E-state index is 13.1. The van der Waals surface area contributed by atoms with Gasteiger partial charge in [-0.25, -0.2) is 9.37 Å². The average Bonchev–Trinajstić information content (AvgIpc) is 2.93. The zero-order valence-electron chi connectivity index (χ0n) is 12.8. The van der Waals surface area contributed by atoms with Gasteiger partial charge in [0.2, 0.25) is 0 Å². The van der Waals surface area contributed by atoms with E-state index in [2.05, 4.69) is 34.9 Å². The first kappa shape index (κ1) is 14.4. The average molecular weight is 294 g/mol. The van der Waals surface area contributed by atoms with Gasteiger partial charge in [-0.05, 0) is 37.3 Å². The number of hydrogen-bond donors (Lipinski definition) is 1. The first-order valence-electron chi connectivity index (χ1n) is 7.26. The van der Waals surface area contributed by atoms with Gasteiger partial charge in [0.25, 0.3) is 0 Å². The maximum absolute atomic E-state index is 13.1. The summed E-state index contributed by atoms with van der Waals surface area (Å²) in [4.78, 5) is 12.6. The summed E-state index contributed by atoms with van der Waals surface area (Å²) in [5, 5.41) is 0. The monoisotopic (exact) mass is 294 g/mol. The Labute approximate surface area is 129 Å². The van der Waals surface area contributed by atoms with Crippen LogP contribution in [0.2, 0.25) is 0 Å². The summed E-state index contributed by atoms with van der Waals surface area (Å²) < 4.78 is 13.1. The number of halogens is 1. The summed E-state index contributed by atoms with van der Waals surface area (Å²) in [5.41, 5.74) is 4.22. The second-order valence-corrected chi connectivity index (χ2v) is 5.59. The van der Waals surface area contributed by atoms with E-state index in [0.717, 1.165) is 34.2 Å². The molecule has 1 aromatic carbocycles. The summed E-state index contributed by atoms with van der Waals surface area (Å²) in [6.45, 7) is 6.11. The van der Waals surface area contributed by atoms with Crippen molar-refractivity contribution in [3.05, 3.63) is 59.8 Å². The van der Waals surface area contributed by atoms with Crippen LogP contribution in [0.4, 0.5) is 4.39 Å². The molecule has 2 heterocycles. The molecule has 2 aromatic heterocycles. The topological polar surface area (TPSA) is 41.6 Å². The highest BCUT2D eigenvalue weighted by Crippen LogP contribution is 2.31. The van der Waals surface area contributed by atoms with E-state index in [1.807, 2.05) is 25.1 Å². The number of aromatic nitrogens is 3. The fraction of sp³-hybridized carbons (Fsp3) is 0.222. The van der Waals surface area contributed by atoms with Gasteiger partial charge in [0.1, 0.15) is 11.6 Å². The number of imidazole rings is 1. The van der Waals surface area contributed by atoms with Crippen molar-refractivity contribution >= 4 is 0 Å². The van der Waals surface area contributed by atoms with E-state index in [1.165, 1.54) is 6.07 Å². The lowest BCUT2D eigenvalue weighted by Crippen LogP contribution is -1.90. The molecule has 0 spiro atoms. The van der Waals surface area contributed by atoms with Gasteiger partial charge in [-0.1, -0.05) is 19.9 Å².